The fourth-order valence-electron chi connectivity index (χ4n) is 18.4. The standard InChI is InChI=1S/C38H21N3S2.C34H19N3S2.C33H18N4S2/c1-2-11-24-21-25(18-17-22(24)9-1)33-32-26-12-4-3-10-23(26)19-20-29(32)39-38(40-33)41-30-15-7-5-13-27(30)35-34(41)37-36(43-35)28-14-6-8-16-31(28)42-37;1-2-11-21(12-3-1)29-28-22-13-5-4-10-20(22)18-19-25(28)35-34(36-29)37-26-16-8-6-14-23(26)31-30(37)33-32(39-31)24-15-7-9-17-27(24)38-33;1-2-10-21-19(8-1)15-16-24-27(21)28(20-9-7-17-34-18-20)36-33(35-24)37-25-13-5-3-11-22(25)30-29(37)32-31(39-30)23-12-4-6-14-26(23)38-32/h1-21H;1-19H;1-18H. The Labute approximate surface area is 711 Å². The topological polar surface area (TPSA) is 105 Å². The van der Waals surface area contributed by atoms with E-state index in [2.05, 4.69) is 352 Å². The molecule has 564 valence electrons. The summed E-state index contributed by atoms with van der Waals surface area (Å²) in [6, 6.07) is 120. The summed E-state index contributed by atoms with van der Waals surface area (Å²) in [5.41, 5.74) is 15.8. The van der Waals surface area contributed by atoms with Crippen molar-refractivity contribution in [1.82, 2.24) is 48.6 Å². The van der Waals surface area contributed by atoms with Gasteiger partial charge in [-0.1, -0.05) is 267 Å². The van der Waals surface area contributed by atoms with Crippen molar-refractivity contribution in [2.75, 3.05) is 0 Å². The highest BCUT2D eigenvalue weighted by molar-refractivity contribution is 7.38. The SMILES string of the molecule is c1ccc(-c2nc(-n3c4ccccc4c4sc5c6ccccc6sc5c43)nc3ccc4ccccc4c23)cc1.c1ccc2cc(-c3nc(-n4c5ccccc5c5sc6c7ccccc7sc6c54)nc4ccc5ccccc5c34)ccc2c1.c1cncc(-c2nc(-n3c4ccccc4c4sc5c6ccccc6sc5c43)nc3ccc4ccccc4c23)c1. The zero-order valence-electron chi connectivity index (χ0n) is 63.9. The van der Waals surface area contributed by atoms with Crippen LogP contribution < -0.4 is 0 Å². The number of nitrogens with zero attached hydrogens (tertiary/aromatic N) is 10. The molecule has 121 heavy (non-hydrogen) atoms. The average molecular weight is 1650 g/mol. The summed E-state index contributed by atoms with van der Waals surface area (Å²) in [6.07, 6.45) is 3.70. The second-order valence-electron chi connectivity index (χ2n) is 30.5. The third-order valence-corrected chi connectivity index (χ3v) is 31.4. The largest absolute Gasteiger partial charge is 0.276 e. The predicted octanol–water partition coefficient (Wildman–Crippen LogP) is 30.5. The molecule has 0 aliphatic heterocycles. The molecule has 28 aromatic rings. The van der Waals surface area contributed by atoms with Gasteiger partial charge >= 0.3 is 0 Å². The van der Waals surface area contributed by atoms with E-state index in [1.807, 2.05) is 80.3 Å². The Kier molecular flexibility index (Phi) is 15.4. The number of thiophene rings is 6. The molecule has 0 aliphatic rings. The maximum Gasteiger partial charge on any atom is 0.235 e. The van der Waals surface area contributed by atoms with E-state index in [1.165, 1.54) is 143 Å². The molecule has 0 amide bonds. The van der Waals surface area contributed by atoms with Crippen molar-refractivity contribution < 1.29 is 0 Å². The highest BCUT2D eigenvalue weighted by atomic mass is 32.1. The maximum atomic E-state index is 5.47. The Morgan fingerprint density at radius 1 is 0.207 bits per heavy atom. The third kappa shape index (κ3) is 10.6. The van der Waals surface area contributed by atoms with Crippen molar-refractivity contribution in [3.8, 4) is 51.6 Å². The number of fused-ring (bicyclic) bond motifs is 31. The van der Waals surface area contributed by atoms with Gasteiger partial charge in [0.2, 0.25) is 17.8 Å². The van der Waals surface area contributed by atoms with E-state index in [-0.39, 0.29) is 0 Å². The van der Waals surface area contributed by atoms with Gasteiger partial charge < -0.3 is 0 Å². The maximum absolute atomic E-state index is 5.47. The molecule has 0 spiro atoms. The van der Waals surface area contributed by atoms with Crippen LogP contribution in [0.3, 0.4) is 0 Å². The van der Waals surface area contributed by atoms with Gasteiger partial charge in [-0.25, -0.2) is 29.9 Å². The zero-order chi connectivity index (χ0) is 79.1. The first-order valence-electron chi connectivity index (χ1n) is 40.1. The van der Waals surface area contributed by atoms with E-state index in [0.717, 1.165) is 88.4 Å². The molecule has 0 bridgehead atoms. The van der Waals surface area contributed by atoms with Gasteiger partial charge in [-0.3, -0.25) is 18.7 Å². The Hall–Kier alpha value is -14.3. The van der Waals surface area contributed by atoms with Gasteiger partial charge in [-0.2, -0.15) is 0 Å². The molecular weight excluding hydrogens is 1590 g/mol. The highest BCUT2D eigenvalue weighted by Crippen LogP contribution is 2.53. The number of benzene rings is 15. The van der Waals surface area contributed by atoms with E-state index in [4.69, 9.17) is 29.9 Å². The lowest BCUT2D eigenvalue weighted by Crippen LogP contribution is -2.03. The van der Waals surface area contributed by atoms with Crippen molar-refractivity contribution in [3.63, 3.8) is 0 Å². The van der Waals surface area contributed by atoms with E-state index in [0.29, 0.717) is 17.8 Å². The van der Waals surface area contributed by atoms with E-state index in [9.17, 15) is 0 Å². The smallest absolute Gasteiger partial charge is 0.235 e. The van der Waals surface area contributed by atoms with Crippen LogP contribution >= 0.6 is 68.0 Å². The molecule has 28 rings (SSSR count). The fraction of sp³-hybridized carbons (Fsp3) is 0. The molecule has 13 aromatic heterocycles. The predicted molar refractivity (Wildman–Crippen MR) is 518 cm³/mol. The van der Waals surface area contributed by atoms with Gasteiger partial charge in [0.15, 0.2) is 0 Å². The van der Waals surface area contributed by atoms with Crippen molar-refractivity contribution >= 4 is 266 Å². The summed E-state index contributed by atoms with van der Waals surface area (Å²) in [5.74, 6) is 2.09. The quantitative estimate of drug-likeness (QED) is 0.153. The molecule has 0 aliphatic carbocycles. The molecule has 0 unspecified atom stereocenters. The Balaban J connectivity index is 0.0000000980. The van der Waals surface area contributed by atoms with Crippen LogP contribution in [0.2, 0.25) is 0 Å². The van der Waals surface area contributed by atoms with Gasteiger partial charge in [0.05, 0.1) is 109 Å². The van der Waals surface area contributed by atoms with Crippen LogP contribution in [0.5, 0.6) is 0 Å². The molecule has 0 atom stereocenters. The highest BCUT2D eigenvalue weighted by Gasteiger charge is 2.29. The van der Waals surface area contributed by atoms with Crippen LogP contribution in [0.4, 0.5) is 0 Å². The first kappa shape index (κ1) is 68.7. The summed E-state index contributed by atoms with van der Waals surface area (Å²) in [7, 11) is 0. The molecule has 0 radical (unpaired) electrons. The minimum Gasteiger partial charge on any atom is -0.276 e. The minimum atomic E-state index is 0.681. The van der Waals surface area contributed by atoms with Crippen LogP contribution in [0.15, 0.2) is 352 Å². The van der Waals surface area contributed by atoms with Gasteiger partial charge in [0.25, 0.3) is 0 Å². The molecule has 0 N–H and O–H groups in total. The Morgan fingerprint density at radius 2 is 0.529 bits per heavy atom. The van der Waals surface area contributed by atoms with Crippen LogP contribution in [-0.4, -0.2) is 48.6 Å². The number of hydrogen-bond acceptors (Lipinski definition) is 13. The van der Waals surface area contributed by atoms with Crippen LogP contribution in [0.25, 0.3) is 249 Å². The molecule has 15 aromatic carbocycles. The summed E-state index contributed by atoms with van der Waals surface area (Å²) in [4.78, 5) is 36.4. The Bertz CT molecular complexity index is 8880. The number of hydrogen-bond donors (Lipinski definition) is 0. The molecule has 0 fully saturated rings. The number of para-hydroxylation sites is 3. The molecule has 13 heterocycles. The van der Waals surface area contributed by atoms with Crippen molar-refractivity contribution in [2.45, 2.75) is 0 Å². The lowest BCUT2D eigenvalue weighted by atomic mass is 9.98. The van der Waals surface area contributed by atoms with E-state index < -0.39 is 0 Å². The van der Waals surface area contributed by atoms with Crippen LogP contribution in [0.1, 0.15) is 0 Å². The summed E-state index contributed by atoms with van der Waals surface area (Å²) >= 11 is 11.2. The molecular formula is C105H58N10S6. The number of aromatic nitrogens is 10. The first-order valence-corrected chi connectivity index (χ1v) is 45.0. The van der Waals surface area contributed by atoms with Crippen LogP contribution in [0, 0.1) is 0 Å². The van der Waals surface area contributed by atoms with Gasteiger partial charge in [0.1, 0.15) is 0 Å². The number of rotatable bonds is 6. The monoisotopic (exact) mass is 1650 g/mol. The zero-order valence-corrected chi connectivity index (χ0v) is 68.8. The lowest BCUT2D eigenvalue weighted by Gasteiger charge is -2.14. The minimum absolute atomic E-state index is 0.681. The molecule has 10 nitrogen and oxygen atoms in total. The van der Waals surface area contributed by atoms with Gasteiger partial charge in [0, 0.05) is 91.7 Å². The van der Waals surface area contributed by atoms with E-state index >= 15 is 0 Å². The third-order valence-electron chi connectivity index (χ3n) is 23.7. The van der Waals surface area contributed by atoms with Gasteiger partial charge in [-0.15, -0.1) is 68.0 Å². The molecule has 0 saturated heterocycles. The summed E-state index contributed by atoms with van der Waals surface area (Å²) < 4.78 is 22.6. The Morgan fingerprint density at radius 3 is 0.934 bits per heavy atom. The van der Waals surface area contributed by atoms with Gasteiger partial charge in [-0.05, 0) is 116 Å². The summed E-state index contributed by atoms with van der Waals surface area (Å²) in [6.45, 7) is 0. The summed E-state index contributed by atoms with van der Waals surface area (Å²) in [5, 5.41) is 20.4. The van der Waals surface area contributed by atoms with Crippen molar-refractivity contribution in [1.29, 1.82) is 0 Å². The van der Waals surface area contributed by atoms with Crippen molar-refractivity contribution in [3.05, 3.63) is 352 Å². The second-order valence-corrected chi connectivity index (χ2v) is 36.7. The van der Waals surface area contributed by atoms with E-state index in [1.54, 1.807) is 6.20 Å². The lowest BCUT2D eigenvalue weighted by molar-refractivity contribution is 1.02. The fourth-order valence-corrected chi connectivity index (χ4v) is 26.7. The second kappa shape index (κ2) is 27.1. The average Bonchev–Trinajstić information content (AvgIpc) is 1.56. The van der Waals surface area contributed by atoms with Crippen molar-refractivity contribution in [2.24, 2.45) is 0 Å². The van der Waals surface area contributed by atoms with Crippen LogP contribution in [-0.2, 0) is 0 Å². The first-order chi connectivity index (χ1) is 60.0. The normalized spacial score (nSPS) is 12.1. The molecule has 0 saturated carbocycles. The molecule has 16 heteroatoms. The number of pyridine rings is 1.